The zero-order valence-electron chi connectivity index (χ0n) is 8.64. The molecule has 0 aromatic heterocycles. The first kappa shape index (κ1) is 13.6. The standard InChI is InChI=1S/C9H12BrNO4S/c1-14-6-7-15-11-16(12,13)9-4-2-8(10)3-5-9/h2-5,11H,6-7H2,1H3. The molecule has 1 N–H and O–H groups in total. The highest BCUT2D eigenvalue weighted by Crippen LogP contribution is 2.14. The van der Waals surface area contributed by atoms with Crippen LogP contribution in [-0.2, 0) is 19.6 Å². The molecule has 0 unspecified atom stereocenters. The van der Waals surface area contributed by atoms with Crippen LogP contribution in [0, 0.1) is 0 Å². The highest BCUT2D eigenvalue weighted by Gasteiger charge is 2.13. The molecule has 16 heavy (non-hydrogen) atoms. The molecule has 1 rings (SSSR count). The van der Waals surface area contributed by atoms with Gasteiger partial charge in [0.05, 0.1) is 18.1 Å². The Bertz CT molecular complexity index is 418. The van der Waals surface area contributed by atoms with Gasteiger partial charge in [-0.2, -0.15) is 0 Å². The lowest BCUT2D eigenvalue weighted by atomic mass is 10.4. The maximum atomic E-state index is 11.6. The summed E-state index contributed by atoms with van der Waals surface area (Å²) in [7, 11) is -2.10. The number of rotatable bonds is 6. The topological polar surface area (TPSA) is 64.6 Å². The Hall–Kier alpha value is -0.470. The maximum absolute atomic E-state index is 11.6. The van der Waals surface area contributed by atoms with Gasteiger partial charge in [0.2, 0.25) is 0 Å². The molecule has 5 nitrogen and oxygen atoms in total. The second-order valence-electron chi connectivity index (χ2n) is 2.88. The average Bonchev–Trinajstić information content (AvgIpc) is 2.25. The molecule has 7 heteroatoms. The molecule has 0 atom stereocenters. The SMILES string of the molecule is COCCONS(=O)(=O)c1ccc(Br)cc1. The van der Waals surface area contributed by atoms with Gasteiger partial charge in [0, 0.05) is 11.6 Å². The summed E-state index contributed by atoms with van der Waals surface area (Å²) in [4.78, 5) is 6.90. The van der Waals surface area contributed by atoms with Gasteiger partial charge in [0.15, 0.2) is 0 Å². The Labute approximate surface area is 103 Å². The normalized spacial score (nSPS) is 11.6. The van der Waals surface area contributed by atoms with Gasteiger partial charge in [-0.1, -0.05) is 20.8 Å². The molecule has 0 heterocycles. The summed E-state index contributed by atoms with van der Waals surface area (Å²) in [6, 6.07) is 6.24. The fourth-order valence-corrected chi connectivity index (χ4v) is 2.00. The Kier molecular flexibility index (Phi) is 5.36. The van der Waals surface area contributed by atoms with Crippen molar-refractivity contribution < 1.29 is 18.0 Å². The Morgan fingerprint density at radius 2 is 1.88 bits per heavy atom. The van der Waals surface area contributed by atoms with Crippen molar-refractivity contribution in [2.45, 2.75) is 4.90 Å². The van der Waals surface area contributed by atoms with Crippen LogP contribution >= 0.6 is 15.9 Å². The van der Waals surface area contributed by atoms with E-state index in [4.69, 9.17) is 9.57 Å². The third kappa shape index (κ3) is 4.18. The number of hydrogen-bond acceptors (Lipinski definition) is 4. The zero-order valence-corrected chi connectivity index (χ0v) is 11.0. The molecule has 0 radical (unpaired) electrons. The predicted octanol–water partition coefficient (Wildman–Crippen LogP) is 1.31. The summed E-state index contributed by atoms with van der Waals surface area (Å²) in [6.07, 6.45) is 0. The van der Waals surface area contributed by atoms with Crippen molar-refractivity contribution in [3.63, 3.8) is 0 Å². The van der Waals surface area contributed by atoms with Crippen molar-refractivity contribution in [3.8, 4) is 0 Å². The van der Waals surface area contributed by atoms with Gasteiger partial charge in [0.25, 0.3) is 10.0 Å². The van der Waals surface area contributed by atoms with E-state index in [1.165, 1.54) is 19.2 Å². The van der Waals surface area contributed by atoms with Crippen molar-refractivity contribution in [2.24, 2.45) is 0 Å². The summed E-state index contributed by atoms with van der Waals surface area (Å²) in [5, 5.41) is 0. The molecule has 0 amide bonds. The van der Waals surface area contributed by atoms with E-state index < -0.39 is 10.0 Å². The lowest BCUT2D eigenvalue weighted by Gasteiger charge is -2.06. The minimum atomic E-state index is -3.61. The van der Waals surface area contributed by atoms with Crippen molar-refractivity contribution in [2.75, 3.05) is 20.3 Å². The lowest BCUT2D eigenvalue weighted by molar-refractivity contribution is 0.0438. The van der Waals surface area contributed by atoms with Gasteiger partial charge in [-0.25, -0.2) is 8.42 Å². The molecular weight excluding hydrogens is 298 g/mol. The summed E-state index contributed by atoms with van der Waals surface area (Å²) in [6.45, 7) is 0.481. The molecule has 0 saturated carbocycles. The van der Waals surface area contributed by atoms with E-state index in [9.17, 15) is 8.42 Å². The van der Waals surface area contributed by atoms with E-state index in [2.05, 4.69) is 15.9 Å². The molecule has 1 aromatic rings. The summed E-state index contributed by atoms with van der Waals surface area (Å²) >= 11 is 3.22. The quantitative estimate of drug-likeness (QED) is 0.635. The first-order valence-electron chi connectivity index (χ1n) is 4.44. The summed E-state index contributed by atoms with van der Waals surface area (Å²) in [5.74, 6) is 0. The second kappa shape index (κ2) is 6.31. The van der Waals surface area contributed by atoms with Crippen LogP contribution in [0.3, 0.4) is 0 Å². The number of ether oxygens (including phenoxy) is 1. The molecule has 90 valence electrons. The van der Waals surface area contributed by atoms with E-state index >= 15 is 0 Å². The van der Waals surface area contributed by atoms with E-state index in [1.54, 1.807) is 12.1 Å². The average molecular weight is 310 g/mol. The van der Waals surface area contributed by atoms with E-state index in [0.29, 0.717) is 6.61 Å². The van der Waals surface area contributed by atoms with E-state index in [0.717, 1.165) is 4.47 Å². The molecule has 0 aliphatic heterocycles. The first-order valence-corrected chi connectivity index (χ1v) is 6.72. The van der Waals surface area contributed by atoms with Crippen LogP contribution in [0.5, 0.6) is 0 Å². The monoisotopic (exact) mass is 309 g/mol. The van der Waals surface area contributed by atoms with Gasteiger partial charge < -0.3 is 4.74 Å². The molecule has 0 spiro atoms. The van der Waals surface area contributed by atoms with Gasteiger partial charge in [-0.15, -0.1) is 0 Å². The highest BCUT2D eigenvalue weighted by molar-refractivity contribution is 9.10. The van der Waals surface area contributed by atoms with Gasteiger partial charge in [0.1, 0.15) is 0 Å². The molecular formula is C9H12BrNO4S. The number of hydrogen-bond donors (Lipinski definition) is 1. The van der Waals surface area contributed by atoms with E-state index in [1.807, 2.05) is 4.89 Å². The number of nitrogens with one attached hydrogen (secondary N) is 1. The van der Waals surface area contributed by atoms with Crippen molar-refractivity contribution in [3.05, 3.63) is 28.7 Å². The second-order valence-corrected chi connectivity index (χ2v) is 5.44. The van der Waals surface area contributed by atoms with Crippen LogP contribution in [0.15, 0.2) is 33.6 Å². The number of halogens is 1. The minimum absolute atomic E-state index is 0.146. The van der Waals surface area contributed by atoms with Gasteiger partial charge in [-0.05, 0) is 24.3 Å². The summed E-state index contributed by atoms with van der Waals surface area (Å²) < 4.78 is 28.8. The highest BCUT2D eigenvalue weighted by atomic mass is 79.9. The molecule has 0 aliphatic carbocycles. The maximum Gasteiger partial charge on any atom is 0.262 e. The molecule has 0 fully saturated rings. The molecule has 1 aromatic carbocycles. The fourth-order valence-electron chi connectivity index (χ4n) is 0.906. The Morgan fingerprint density at radius 3 is 2.44 bits per heavy atom. The van der Waals surface area contributed by atoms with Crippen molar-refractivity contribution in [1.82, 2.24) is 4.89 Å². The number of sulfonamides is 1. The number of benzene rings is 1. The molecule has 0 saturated heterocycles. The van der Waals surface area contributed by atoms with Gasteiger partial charge in [-0.3, -0.25) is 4.84 Å². The Balaban J connectivity index is 2.60. The van der Waals surface area contributed by atoms with E-state index in [-0.39, 0.29) is 11.5 Å². The van der Waals surface area contributed by atoms with Crippen LogP contribution in [0.25, 0.3) is 0 Å². The fraction of sp³-hybridized carbons (Fsp3) is 0.333. The largest absolute Gasteiger partial charge is 0.382 e. The minimum Gasteiger partial charge on any atom is -0.382 e. The number of methoxy groups -OCH3 is 1. The van der Waals surface area contributed by atoms with Crippen molar-refractivity contribution >= 4 is 26.0 Å². The molecule has 0 aliphatic rings. The third-order valence-electron chi connectivity index (χ3n) is 1.68. The van der Waals surface area contributed by atoms with Crippen LogP contribution in [0.4, 0.5) is 0 Å². The first-order chi connectivity index (χ1) is 7.56. The summed E-state index contributed by atoms with van der Waals surface area (Å²) in [5.41, 5.74) is 0. The lowest BCUT2D eigenvalue weighted by Crippen LogP contribution is -2.25. The third-order valence-corrected chi connectivity index (χ3v) is 3.44. The van der Waals surface area contributed by atoms with Crippen molar-refractivity contribution in [1.29, 1.82) is 0 Å². The van der Waals surface area contributed by atoms with Crippen LogP contribution in [0.1, 0.15) is 0 Å². The molecule has 0 bridgehead atoms. The Morgan fingerprint density at radius 1 is 1.25 bits per heavy atom. The smallest absolute Gasteiger partial charge is 0.262 e. The van der Waals surface area contributed by atoms with Crippen LogP contribution in [0.2, 0.25) is 0 Å². The zero-order chi connectivity index (χ0) is 12.0. The van der Waals surface area contributed by atoms with Crippen LogP contribution in [-0.4, -0.2) is 28.7 Å². The van der Waals surface area contributed by atoms with Crippen LogP contribution < -0.4 is 4.89 Å². The predicted molar refractivity (Wildman–Crippen MR) is 62.3 cm³/mol. The van der Waals surface area contributed by atoms with Gasteiger partial charge >= 0.3 is 0 Å².